The van der Waals surface area contributed by atoms with E-state index in [2.05, 4.69) is 22.6 Å². The Morgan fingerprint density at radius 2 is 1.93 bits per heavy atom. The Balaban J connectivity index is 1.67. The van der Waals surface area contributed by atoms with Crippen molar-refractivity contribution < 1.29 is 4.79 Å². The van der Waals surface area contributed by atoms with Gasteiger partial charge >= 0.3 is 0 Å². The van der Waals surface area contributed by atoms with E-state index in [1.54, 1.807) is 11.3 Å². The van der Waals surface area contributed by atoms with Crippen molar-refractivity contribution in [2.24, 2.45) is 5.41 Å². The fourth-order valence-electron chi connectivity index (χ4n) is 3.27. The number of thiazole rings is 1. The molecule has 146 valence electrons. The number of anilines is 2. The fourth-order valence-corrected chi connectivity index (χ4v) is 4.26. The van der Waals surface area contributed by atoms with Crippen LogP contribution in [0.4, 0.5) is 10.8 Å². The minimum absolute atomic E-state index is 0.0738. The second kappa shape index (κ2) is 8.61. The Morgan fingerprint density at radius 1 is 1.26 bits per heavy atom. The Hall–Kier alpha value is -1.59. The topological polar surface area (TPSA) is 45.2 Å². The van der Waals surface area contributed by atoms with Crippen molar-refractivity contribution in [3.63, 3.8) is 0 Å². The number of alkyl halides is 1. The summed E-state index contributed by atoms with van der Waals surface area (Å²) in [6, 6.07) is 8.45. The predicted molar refractivity (Wildman–Crippen MR) is 116 cm³/mol. The molecule has 6 heteroatoms. The van der Waals surface area contributed by atoms with Gasteiger partial charge < -0.3 is 10.2 Å². The number of carbonyl (C=O) groups excluding carboxylic acids is 1. The maximum Gasteiger partial charge on any atom is 0.231 e. The SMILES string of the molecule is CN(c1nc(-c2ccc(NC(=O)C(C)(C)CCl)cc2)cs1)C1CCCCC1. The van der Waals surface area contributed by atoms with Gasteiger partial charge in [-0.3, -0.25) is 4.79 Å². The number of benzene rings is 1. The van der Waals surface area contributed by atoms with Gasteiger partial charge in [0.1, 0.15) is 0 Å². The molecule has 4 nitrogen and oxygen atoms in total. The lowest BCUT2D eigenvalue weighted by atomic mass is 9.95. The molecule has 0 bridgehead atoms. The maximum atomic E-state index is 12.2. The van der Waals surface area contributed by atoms with Crippen molar-refractivity contribution in [3.05, 3.63) is 29.6 Å². The van der Waals surface area contributed by atoms with Gasteiger partial charge in [-0.15, -0.1) is 22.9 Å². The Bertz CT molecular complexity index is 766. The van der Waals surface area contributed by atoms with Crippen LogP contribution in [-0.4, -0.2) is 29.9 Å². The molecule has 0 unspecified atom stereocenters. The molecule has 1 saturated carbocycles. The zero-order chi connectivity index (χ0) is 19.4. The Labute approximate surface area is 170 Å². The average Bonchev–Trinajstić information content (AvgIpc) is 3.18. The first kappa shape index (κ1) is 20.2. The molecule has 0 atom stereocenters. The molecule has 1 aromatic heterocycles. The molecule has 27 heavy (non-hydrogen) atoms. The van der Waals surface area contributed by atoms with E-state index in [0.29, 0.717) is 6.04 Å². The lowest BCUT2D eigenvalue weighted by Gasteiger charge is -2.30. The van der Waals surface area contributed by atoms with Crippen LogP contribution in [0.2, 0.25) is 0 Å². The van der Waals surface area contributed by atoms with E-state index >= 15 is 0 Å². The van der Waals surface area contributed by atoms with Crippen molar-refractivity contribution in [1.29, 1.82) is 0 Å². The summed E-state index contributed by atoms with van der Waals surface area (Å²) in [5, 5.41) is 6.12. The predicted octanol–water partition coefficient (Wildman–Crippen LogP) is 5.78. The molecule has 0 spiro atoms. The van der Waals surface area contributed by atoms with E-state index in [1.807, 2.05) is 38.1 Å². The average molecular weight is 406 g/mol. The number of hydrogen-bond acceptors (Lipinski definition) is 4. The van der Waals surface area contributed by atoms with Crippen LogP contribution in [0.15, 0.2) is 29.6 Å². The fraction of sp³-hybridized carbons (Fsp3) is 0.524. The summed E-state index contributed by atoms with van der Waals surface area (Å²) >= 11 is 7.57. The van der Waals surface area contributed by atoms with E-state index in [4.69, 9.17) is 16.6 Å². The number of nitrogens with zero attached hydrogens (tertiary/aromatic N) is 2. The van der Waals surface area contributed by atoms with Crippen molar-refractivity contribution in [1.82, 2.24) is 4.98 Å². The number of aromatic nitrogens is 1. The van der Waals surface area contributed by atoms with E-state index in [0.717, 1.165) is 22.1 Å². The summed E-state index contributed by atoms with van der Waals surface area (Å²) in [6.07, 6.45) is 6.53. The second-order valence-electron chi connectivity index (χ2n) is 7.97. The molecule has 1 aromatic carbocycles. The summed E-state index contributed by atoms with van der Waals surface area (Å²) in [6.45, 7) is 3.67. The third-order valence-electron chi connectivity index (χ3n) is 5.30. The van der Waals surface area contributed by atoms with Crippen LogP contribution in [0, 0.1) is 5.41 Å². The molecule has 1 heterocycles. The zero-order valence-corrected chi connectivity index (χ0v) is 17.9. The number of carbonyl (C=O) groups is 1. The Morgan fingerprint density at radius 3 is 2.56 bits per heavy atom. The summed E-state index contributed by atoms with van der Waals surface area (Å²) < 4.78 is 0. The molecule has 1 fully saturated rings. The van der Waals surface area contributed by atoms with E-state index < -0.39 is 5.41 Å². The molecule has 1 aliphatic carbocycles. The molecule has 1 amide bonds. The quantitative estimate of drug-likeness (QED) is 0.619. The normalized spacial score (nSPS) is 15.6. The second-order valence-corrected chi connectivity index (χ2v) is 9.07. The van der Waals surface area contributed by atoms with Crippen molar-refractivity contribution >= 4 is 39.7 Å². The minimum atomic E-state index is -0.590. The molecule has 2 aromatic rings. The van der Waals surface area contributed by atoms with Gasteiger partial charge in [-0.25, -0.2) is 4.98 Å². The van der Waals surface area contributed by atoms with E-state index in [9.17, 15) is 4.79 Å². The first-order valence-corrected chi connectivity index (χ1v) is 11.0. The molecule has 0 aliphatic heterocycles. The monoisotopic (exact) mass is 405 g/mol. The van der Waals surface area contributed by atoms with Gasteiger partial charge in [0.25, 0.3) is 0 Å². The largest absolute Gasteiger partial charge is 0.348 e. The van der Waals surface area contributed by atoms with Crippen LogP contribution in [0.5, 0.6) is 0 Å². The smallest absolute Gasteiger partial charge is 0.231 e. The lowest BCUT2D eigenvalue weighted by Crippen LogP contribution is -2.33. The van der Waals surface area contributed by atoms with E-state index in [1.165, 1.54) is 32.1 Å². The van der Waals surface area contributed by atoms with Crippen LogP contribution in [-0.2, 0) is 4.79 Å². The minimum Gasteiger partial charge on any atom is -0.348 e. The standard InChI is InChI=1S/C21H28ClN3OS/c1-21(2,14-22)19(26)23-16-11-9-15(10-12-16)18-13-27-20(24-18)25(3)17-7-5-4-6-8-17/h9-13,17H,4-8,14H2,1-3H3,(H,23,26). The van der Waals surface area contributed by atoms with Crippen molar-refractivity contribution in [2.75, 3.05) is 23.1 Å². The summed E-state index contributed by atoms with van der Waals surface area (Å²) in [5.41, 5.74) is 2.23. The third kappa shape index (κ3) is 4.82. The molecular formula is C21H28ClN3OS. The van der Waals surface area contributed by atoms with Crippen LogP contribution < -0.4 is 10.2 Å². The van der Waals surface area contributed by atoms with Crippen LogP contribution >= 0.6 is 22.9 Å². The molecule has 3 rings (SSSR count). The summed E-state index contributed by atoms with van der Waals surface area (Å²) in [4.78, 5) is 19.4. The van der Waals surface area contributed by atoms with Crippen LogP contribution in [0.25, 0.3) is 11.3 Å². The Kier molecular flexibility index (Phi) is 6.43. The van der Waals surface area contributed by atoms with Gasteiger partial charge in [0, 0.05) is 35.6 Å². The first-order valence-electron chi connectivity index (χ1n) is 9.57. The van der Waals surface area contributed by atoms with Crippen LogP contribution in [0.1, 0.15) is 46.0 Å². The maximum absolute atomic E-state index is 12.2. The van der Waals surface area contributed by atoms with Crippen LogP contribution in [0.3, 0.4) is 0 Å². The number of halogens is 1. The van der Waals surface area contributed by atoms with Gasteiger partial charge in [0.15, 0.2) is 5.13 Å². The van der Waals surface area contributed by atoms with Gasteiger partial charge in [-0.1, -0.05) is 31.4 Å². The number of rotatable bonds is 6. The highest BCUT2D eigenvalue weighted by Crippen LogP contribution is 2.32. The number of nitrogens with one attached hydrogen (secondary N) is 1. The number of hydrogen-bond donors (Lipinski definition) is 1. The number of amides is 1. The van der Waals surface area contributed by atoms with Crippen molar-refractivity contribution in [3.8, 4) is 11.3 Å². The molecule has 0 saturated heterocycles. The van der Waals surface area contributed by atoms with Gasteiger partial charge in [0.05, 0.1) is 11.1 Å². The summed E-state index contributed by atoms with van der Waals surface area (Å²) in [7, 11) is 2.16. The summed E-state index contributed by atoms with van der Waals surface area (Å²) in [5.74, 6) is 0.211. The zero-order valence-electron chi connectivity index (χ0n) is 16.3. The molecule has 0 radical (unpaired) electrons. The first-order chi connectivity index (χ1) is 12.9. The lowest BCUT2D eigenvalue weighted by molar-refractivity contribution is -0.122. The third-order valence-corrected chi connectivity index (χ3v) is 6.90. The highest BCUT2D eigenvalue weighted by molar-refractivity contribution is 7.14. The van der Waals surface area contributed by atoms with Crippen molar-refractivity contribution in [2.45, 2.75) is 52.0 Å². The van der Waals surface area contributed by atoms with Gasteiger partial charge in [-0.05, 0) is 38.8 Å². The highest BCUT2D eigenvalue weighted by Gasteiger charge is 2.26. The van der Waals surface area contributed by atoms with Gasteiger partial charge in [-0.2, -0.15) is 0 Å². The van der Waals surface area contributed by atoms with Gasteiger partial charge in [0.2, 0.25) is 5.91 Å². The molecule has 1 aliphatic rings. The van der Waals surface area contributed by atoms with E-state index in [-0.39, 0.29) is 11.8 Å². The molecular weight excluding hydrogens is 378 g/mol. The molecule has 1 N–H and O–H groups in total. The highest BCUT2D eigenvalue weighted by atomic mass is 35.5.